The van der Waals surface area contributed by atoms with Crippen LogP contribution >= 0.6 is 15.9 Å². The van der Waals surface area contributed by atoms with Crippen molar-refractivity contribution < 1.29 is 9.47 Å². The average Bonchev–Trinajstić information content (AvgIpc) is 2.52. The van der Waals surface area contributed by atoms with Crippen molar-refractivity contribution in [1.29, 1.82) is 0 Å². The van der Waals surface area contributed by atoms with E-state index in [1.54, 1.807) is 7.11 Å². The van der Waals surface area contributed by atoms with Gasteiger partial charge in [0.2, 0.25) is 0 Å². The van der Waals surface area contributed by atoms with E-state index in [9.17, 15) is 0 Å². The largest absolute Gasteiger partial charge is 0.496 e. The average molecular weight is 356 g/mol. The summed E-state index contributed by atoms with van der Waals surface area (Å²) in [5.41, 5.74) is 1.34. The highest BCUT2D eigenvalue weighted by atomic mass is 79.9. The third-order valence-corrected chi connectivity index (χ3v) is 4.71. The number of rotatable bonds is 7. The molecule has 1 aliphatic heterocycles. The summed E-state index contributed by atoms with van der Waals surface area (Å²) in [4.78, 5) is 0. The molecule has 1 saturated heterocycles. The molecule has 0 bridgehead atoms. The summed E-state index contributed by atoms with van der Waals surface area (Å²) in [7, 11) is 1.70. The highest BCUT2D eigenvalue weighted by molar-refractivity contribution is 9.10. The number of benzene rings is 1. The van der Waals surface area contributed by atoms with Gasteiger partial charge in [0.15, 0.2) is 0 Å². The lowest BCUT2D eigenvalue weighted by Gasteiger charge is -2.31. The predicted molar refractivity (Wildman–Crippen MR) is 90.0 cm³/mol. The lowest BCUT2D eigenvalue weighted by atomic mass is 9.89. The van der Waals surface area contributed by atoms with Crippen molar-refractivity contribution in [2.75, 3.05) is 26.9 Å². The third-order valence-electron chi connectivity index (χ3n) is 4.09. The number of halogens is 1. The molecule has 21 heavy (non-hydrogen) atoms. The van der Waals surface area contributed by atoms with E-state index < -0.39 is 0 Å². The molecule has 1 N–H and O–H groups in total. The van der Waals surface area contributed by atoms with E-state index in [1.165, 1.54) is 18.4 Å². The molecule has 0 amide bonds. The van der Waals surface area contributed by atoms with E-state index in [-0.39, 0.29) is 0 Å². The van der Waals surface area contributed by atoms with Gasteiger partial charge in [0.1, 0.15) is 5.75 Å². The van der Waals surface area contributed by atoms with Crippen LogP contribution in [0.25, 0.3) is 0 Å². The standard InChI is InChI=1S/C17H26BrNO2/c1-3-8-19-16(14-5-4-9-21-12-14)11-13-6-7-17(20-2)15(18)10-13/h6-7,10,14,16,19H,3-5,8-9,11-12H2,1-2H3. The molecule has 0 spiro atoms. The van der Waals surface area contributed by atoms with Crippen molar-refractivity contribution in [3.63, 3.8) is 0 Å². The maximum absolute atomic E-state index is 5.67. The fourth-order valence-electron chi connectivity index (χ4n) is 2.91. The van der Waals surface area contributed by atoms with Gasteiger partial charge in [-0.3, -0.25) is 0 Å². The number of nitrogens with one attached hydrogen (secondary N) is 1. The van der Waals surface area contributed by atoms with Gasteiger partial charge in [-0.25, -0.2) is 0 Å². The monoisotopic (exact) mass is 355 g/mol. The van der Waals surface area contributed by atoms with Crippen molar-refractivity contribution >= 4 is 15.9 Å². The molecule has 1 fully saturated rings. The first kappa shape index (κ1) is 16.8. The third kappa shape index (κ3) is 4.97. The number of methoxy groups -OCH3 is 1. The number of hydrogen-bond donors (Lipinski definition) is 1. The molecule has 1 heterocycles. The number of ether oxygens (including phenoxy) is 2. The molecule has 2 atom stereocenters. The molecule has 2 rings (SSSR count). The quantitative estimate of drug-likeness (QED) is 0.806. The second-order valence-electron chi connectivity index (χ2n) is 5.71. The van der Waals surface area contributed by atoms with Gasteiger partial charge in [-0.1, -0.05) is 13.0 Å². The van der Waals surface area contributed by atoms with E-state index in [0.717, 1.165) is 42.8 Å². The molecule has 0 aliphatic carbocycles. The Balaban J connectivity index is 2.04. The van der Waals surface area contributed by atoms with Crippen molar-refractivity contribution in [1.82, 2.24) is 5.32 Å². The zero-order valence-corrected chi connectivity index (χ0v) is 14.6. The Morgan fingerprint density at radius 2 is 2.33 bits per heavy atom. The minimum absolute atomic E-state index is 0.491. The molecule has 2 unspecified atom stereocenters. The lowest BCUT2D eigenvalue weighted by Crippen LogP contribution is -2.42. The normalized spacial score (nSPS) is 20.2. The summed E-state index contributed by atoms with van der Waals surface area (Å²) in [5.74, 6) is 1.50. The second-order valence-corrected chi connectivity index (χ2v) is 6.57. The molecule has 1 aromatic carbocycles. The highest BCUT2D eigenvalue weighted by Gasteiger charge is 2.24. The van der Waals surface area contributed by atoms with Gasteiger partial charge in [-0.2, -0.15) is 0 Å². The Labute approximate surface area is 136 Å². The maximum atomic E-state index is 5.67. The smallest absolute Gasteiger partial charge is 0.133 e. The summed E-state index contributed by atoms with van der Waals surface area (Å²) in [6.45, 7) is 5.09. The Hall–Kier alpha value is -0.580. The number of hydrogen-bond acceptors (Lipinski definition) is 3. The Bertz CT molecular complexity index is 433. The van der Waals surface area contributed by atoms with Crippen LogP contribution in [-0.4, -0.2) is 32.9 Å². The van der Waals surface area contributed by atoms with E-state index in [0.29, 0.717) is 12.0 Å². The molecule has 4 heteroatoms. The Morgan fingerprint density at radius 1 is 1.48 bits per heavy atom. The van der Waals surface area contributed by atoms with Crippen LogP contribution in [0.2, 0.25) is 0 Å². The van der Waals surface area contributed by atoms with Gasteiger partial charge in [0.25, 0.3) is 0 Å². The molecule has 118 valence electrons. The Kier molecular flexibility index (Phi) is 7.00. The summed E-state index contributed by atoms with van der Waals surface area (Å²) >= 11 is 3.58. The van der Waals surface area contributed by atoms with E-state index in [2.05, 4.69) is 40.3 Å². The van der Waals surface area contributed by atoms with E-state index >= 15 is 0 Å². The molecule has 0 saturated carbocycles. The minimum Gasteiger partial charge on any atom is -0.496 e. The molecular weight excluding hydrogens is 330 g/mol. The zero-order valence-electron chi connectivity index (χ0n) is 13.0. The summed E-state index contributed by atoms with van der Waals surface area (Å²) in [5, 5.41) is 3.71. The lowest BCUT2D eigenvalue weighted by molar-refractivity contribution is 0.0393. The Morgan fingerprint density at radius 3 is 2.95 bits per heavy atom. The van der Waals surface area contributed by atoms with E-state index in [4.69, 9.17) is 9.47 Å². The van der Waals surface area contributed by atoms with Crippen LogP contribution in [0.3, 0.4) is 0 Å². The summed E-state index contributed by atoms with van der Waals surface area (Å²) in [6.07, 6.45) is 4.65. The summed E-state index contributed by atoms with van der Waals surface area (Å²) < 4.78 is 12.0. The first-order valence-electron chi connectivity index (χ1n) is 7.88. The van der Waals surface area contributed by atoms with Gasteiger partial charge >= 0.3 is 0 Å². The van der Waals surface area contributed by atoms with Crippen LogP contribution in [0, 0.1) is 5.92 Å². The SMILES string of the molecule is CCCNC(Cc1ccc(OC)c(Br)c1)C1CCCOC1. The highest BCUT2D eigenvalue weighted by Crippen LogP contribution is 2.27. The van der Waals surface area contributed by atoms with Gasteiger partial charge < -0.3 is 14.8 Å². The van der Waals surface area contributed by atoms with Crippen LogP contribution in [0.15, 0.2) is 22.7 Å². The van der Waals surface area contributed by atoms with Crippen LogP contribution in [0.4, 0.5) is 0 Å². The topological polar surface area (TPSA) is 30.5 Å². The molecule has 0 aromatic heterocycles. The first-order chi connectivity index (χ1) is 10.2. The zero-order chi connectivity index (χ0) is 15.1. The second kappa shape index (κ2) is 8.76. The molecule has 1 aliphatic rings. The van der Waals surface area contributed by atoms with Gasteiger partial charge in [-0.05, 0) is 71.8 Å². The van der Waals surface area contributed by atoms with Crippen molar-refractivity contribution in [2.45, 2.75) is 38.6 Å². The fraction of sp³-hybridized carbons (Fsp3) is 0.647. The van der Waals surface area contributed by atoms with Crippen LogP contribution in [-0.2, 0) is 11.2 Å². The van der Waals surface area contributed by atoms with Gasteiger partial charge in [0.05, 0.1) is 18.2 Å². The van der Waals surface area contributed by atoms with Crippen LogP contribution in [0.1, 0.15) is 31.7 Å². The molecule has 0 radical (unpaired) electrons. The van der Waals surface area contributed by atoms with Gasteiger partial charge in [-0.15, -0.1) is 0 Å². The fourth-order valence-corrected chi connectivity index (χ4v) is 3.50. The van der Waals surface area contributed by atoms with Crippen LogP contribution in [0.5, 0.6) is 5.75 Å². The van der Waals surface area contributed by atoms with Crippen LogP contribution < -0.4 is 10.1 Å². The van der Waals surface area contributed by atoms with Crippen molar-refractivity contribution in [2.24, 2.45) is 5.92 Å². The first-order valence-corrected chi connectivity index (χ1v) is 8.67. The maximum Gasteiger partial charge on any atom is 0.133 e. The molecular formula is C17H26BrNO2. The predicted octanol–water partition coefficient (Wildman–Crippen LogP) is 3.80. The van der Waals surface area contributed by atoms with Crippen molar-refractivity contribution in [3.05, 3.63) is 28.2 Å². The summed E-state index contributed by atoms with van der Waals surface area (Å²) in [6, 6.07) is 6.86. The minimum atomic E-state index is 0.491. The molecule has 3 nitrogen and oxygen atoms in total. The van der Waals surface area contributed by atoms with Crippen molar-refractivity contribution in [3.8, 4) is 5.75 Å². The van der Waals surface area contributed by atoms with E-state index in [1.807, 2.05) is 6.07 Å². The molecule has 1 aromatic rings. The van der Waals surface area contributed by atoms with Gasteiger partial charge in [0, 0.05) is 12.6 Å².